The highest BCUT2D eigenvalue weighted by atomic mass is 16.5. The molecular formula is C21H19N5O5. The van der Waals surface area contributed by atoms with Gasteiger partial charge in [0.25, 0.3) is 5.91 Å². The van der Waals surface area contributed by atoms with E-state index in [1.54, 1.807) is 24.3 Å². The van der Waals surface area contributed by atoms with Gasteiger partial charge in [-0.2, -0.15) is 4.98 Å². The molecule has 1 unspecified atom stereocenters. The van der Waals surface area contributed by atoms with E-state index in [2.05, 4.69) is 26.1 Å². The molecule has 2 aromatic carbocycles. The number of hydrogen-bond acceptors (Lipinski definition) is 7. The van der Waals surface area contributed by atoms with Crippen molar-refractivity contribution in [2.24, 2.45) is 0 Å². The summed E-state index contributed by atoms with van der Waals surface area (Å²) >= 11 is 0. The van der Waals surface area contributed by atoms with Crippen molar-refractivity contribution >= 4 is 23.4 Å². The number of anilines is 1. The maximum atomic E-state index is 12.4. The Kier molecular flexibility index (Phi) is 5.88. The molecule has 31 heavy (non-hydrogen) atoms. The Labute approximate surface area is 177 Å². The standard InChI is InChI=1S/C21H19N5O5/c27-18(10-16-21(29)23-15-9-5-4-8-14(15)20(28)24-16)22-11-19-25-17(26-31-19)12-30-13-6-2-1-3-7-13/h1-9,16H,10-12H2,(H,22,27)(H,23,29)(H,24,28). The highest BCUT2D eigenvalue weighted by molar-refractivity contribution is 6.10. The van der Waals surface area contributed by atoms with Crippen LogP contribution in [0.25, 0.3) is 0 Å². The number of benzene rings is 2. The van der Waals surface area contributed by atoms with Crippen LogP contribution in [-0.2, 0) is 22.7 Å². The summed E-state index contributed by atoms with van der Waals surface area (Å²) in [6, 6.07) is 14.8. The van der Waals surface area contributed by atoms with E-state index in [0.29, 0.717) is 22.8 Å². The largest absolute Gasteiger partial charge is 0.485 e. The van der Waals surface area contributed by atoms with E-state index in [4.69, 9.17) is 9.26 Å². The van der Waals surface area contributed by atoms with E-state index in [1.807, 2.05) is 30.3 Å². The Morgan fingerprint density at radius 2 is 1.87 bits per heavy atom. The van der Waals surface area contributed by atoms with Crippen LogP contribution in [0.3, 0.4) is 0 Å². The number of para-hydroxylation sites is 2. The first kappa shape index (κ1) is 20.1. The summed E-state index contributed by atoms with van der Waals surface area (Å²) in [5.74, 6) is -0.138. The molecule has 0 fully saturated rings. The molecule has 10 nitrogen and oxygen atoms in total. The lowest BCUT2D eigenvalue weighted by atomic mass is 10.1. The first-order valence-corrected chi connectivity index (χ1v) is 9.55. The van der Waals surface area contributed by atoms with Gasteiger partial charge in [-0.05, 0) is 24.3 Å². The van der Waals surface area contributed by atoms with E-state index in [1.165, 1.54) is 0 Å². The molecule has 0 spiro atoms. The van der Waals surface area contributed by atoms with Crippen molar-refractivity contribution in [3.63, 3.8) is 0 Å². The van der Waals surface area contributed by atoms with Crippen molar-refractivity contribution in [2.45, 2.75) is 25.6 Å². The van der Waals surface area contributed by atoms with Crippen LogP contribution >= 0.6 is 0 Å². The van der Waals surface area contributed by atoms with Crippen LogP contribution in [0.2, 0.25) is 0 Å². The van der Waals surface area contributed by atoms with Crippen molar-refractivity contribution in [2.75, 3.05) is 5.32 Å². The highest BCUT2D eigenvalue weighted by Gasteiger charge is 2.29. The summed E-state index contributed by atoms with van der Waals surface area (Å²) in [5.41, 5.74) is 0.749. The number of amides is 3. The van der Waals surface area contributed by atoms with Crippen LogP contribution in [0, 0.1) is 0 Å². The SMILES string of the molecule is O=C(CC1NC(=O)c2ccccc2NC1=O)NCc1nc(COc2ccccc2)no1. The molecule has 0 aliphatic carbocycles. The van der Waals surface area contributed by atoms with Crippen LogP contribution in [0.15, 0.2) is 59.1 Å². The Morgan fingerprint density at radius 3 is 2.71 bits per heavy atom. The van der Waals surface area contributed by atoms with Crippen LogP contribution in [0.1, 0.15) is 28.5 Å². The van der Waals surface area contributed by atoms with Crippen LogP contribution in [0.4, 0.5) is 5.69 Å². The average Bonchev–Trinajstić information content (AvgIpc) is 3.20. The van der Waals surface area contributed by atoms with Gasteiger partial charge in [0.15, 0.2) is 6.61 Å². The molecule has 1 atom stereocenters. The molecule has 1 aliphatic heterocycles. The number of aromatic nitrogens is 2. The van der Waals surface area contributed by atoms with E-state index in [0.717, 1.165) is 0 Å². The summed E-state index contributed by atoms with van der Waals surface area (Å²) in [4.78, 5) is 41.1. The predicted octanol–water partition coefficient (Wildman–Crippen LogP) is 1.41. The van der Waals surface area contributed by atoms with E-state index < -0.39 is 23.8 Å². The van der Waals surface area contributed by atoms with Gasteiger partial charge in [0.05, 0.1) is 24.2 Å². The molecule has 3 amide bonds. The maximum absolute atomic E-state index is 12.4. The topological polar surface area (TPSA) is 135 Å². The minimum Gasteiger partial charge on any atom is -0.485 e. The number of carbonyl (C=O) groups excluding carboxylic acids is 3. The first-order valence-electron chi connectivity index (χ1n) is 9.55. The zero-order valence-electron chi connectivity index (χ0n) is 16.3. The summed E-state index contributed by atoms with van der Waals surface area (Å²) in [5, 5.41) is 11.6. The number of carbonyl (C=O) groups is 3. The van der Waals surface area contributed by atoms with Gasteiger partial charge in [0.1, 0.15) is 11.8 Å². The number of nitrogens with zero attached hydrogens (tertiary/aromatic N) is 2. The fraction of sp³-hybridized carbons (Fsp3) is 0.190. The molecule has 1 aliphatic rings. The van der Waals surface area contributed by atoms with Gasteiger partial charge in [-0.3, -0.25) is 14.4 Å². The fourth-order valence-electron chi connectivity index (χ4n) is 2.97. The highest BCUT2D eigenvalue weighted by Crippen LogP contribution is 2.18. The van der Waals surface area contributed by atoms with Gasteiger partial charge in [-0.15, -0.1) is 0 Å². The van der Waals surface area contributed by atoms with Gasteiger partial charge >= 0.3 is 0 Å². The monoisotopic (exact) mass is 421 g/mol. The molecule has 3 aromatic rings. The second-order valence-corrected chi connectivity index (χ2v) is 6.75. The smallest absolute Gasteiger partial charge is 0.254 e. The zero-order valence-corrected chi connectivity index (χ0v) is 16.3. The quantitative estimate of drug-likeness (QED) is 0.525. The first-order chi connectivity index (χ1) is 15.1. The second kappa shape index (κ2) is 9.08. The van der Waals surface area contributed by atoms with Crippen molar-refractivity contribution in [3.8, 4) is 5.75 Å². The summed E-state index contributed by atoms with van der Waals surface area (Å²) in [6.45, 7) is 0.107. The Balaban J connectivity index is 1.27. The lowest BCUT2D eigenvalue weighted by molar-refractivity contribution is -0.125. The molecule has 4 rings (SSSR count). The van der Waals surface area contributed by atoms with Crippen molar-refractivity contribution in [3.05, 3.63) is 71.9 Å². The molecule has 3 N–H and O–H groups in total. The molecule has 0 bridgehead atoms. The average molecular weight is 421 g/mol. The van der Waals surface area contributed by atoms with Crippen molar-refractivity contribution < 1.29 is 23.6 Å². The fourth-order valence-corrected chi connectivity index (χ4v) is 2.97. The molecule has 10 heteroatoms. The second-order valence-electron chi connectivity index (χ2n) is 6.75. The zero-order chi connectivity index (χ0) is 21.6. The van der Waals surface area contributed by atoms with E-state index in [9.17, 15) is 14.4 Å². The number of fused-ring (bicyclic) bond motifs is 1. The number of nitrogens with one attached hydrogen (secondary N) is 3. The Bertz CT molecular complexity index is 1100. The summed E-state index contributed by atoms with van der Waals surface area (Å²) in [6.07, 6.45) is -0.232. The van der Waals surface area contributed by atoms with Crippen LogP contribution in [0.5, 0.6) is 5.75 Å². The van der Waals surface area contributed by atoms with Crippen LogP contribution in [-0.4, -0.2) is 33.9 Å². The lowest BCUT2D eigenvalue weighted by Crippen LogP contribution is -2.44. The third-order valence-corrected chi connectivity index (χ3v) is 4.50. The van der Waals surface area contributed by atoms with E-state index >= 15 is 0 Å². The molecule has 0 saturated carbocycles. The van der Waals surface area contributed by atoms with Gasteiger partial charge < -0.3 is 25.2 Å². The van der Waals surface area contributed by atoms with Gasteiger partial charge in [-0.1, -0.05) is 35.5 Å². The van der Waals surface area contributed by atoms with Gasteiger partial charge in [0.2, 0.25) is 23.5 Å². The normalized spacial score (nSPS) is 15.3. The third-order valence-electron chi connectivity index (χ3n) is 4.50. The molecule has 158 valence electrons. The molecule has 1 aromatic heterocycles. The molecule has 0 radical (unpaired) electrons. The van der Waals surface area contributed by atoms with Crippen LogP contribution < -0.4 is 20.7 Å². The maximum Gasteiger partial charge on any atom is 0.254 e. The number of rotatable bonds is 7. The molecule has 0 saturated heterocycles. The Morgan fingerprint density at radius 1 is 1.10 bits per heavy atom. The van der Waals surface area contributed by atoms with E-state index in [-0.39, 0.29) is 25.5 Å². The summed E-state index contributed by atoms with van der Waals surface area (Å²) < 4.78 is 10.6. The number of ether oxygens (including phenoxy) is 1. The minimum atomic E-state index is -1.00. The van der Waals surface area contributed by atoms with Gasteiger partial charge in [-0.25, -0.2) is 0 Å². The Hall–Kier alpha value is -4.21. The number of hydrogen-bond donors (Lipinski definition) is 3. The van der Waals surface area contributed by atoms with Crippen molar-refractivity contribution in [1.29, 1.82) is 0 Å². The third kappa shape index (κ3) is 5.04. The lowest BCUT2D eigenvalue weighted by Gasteiger charge is -2.13. The van der Waals surface area contributed by atoms with Gasteiger partial charge in [0, 0.05) is 0 Å². The molecule has 2 heterocycles. The molecular weight excluding hydrogens is 402 g/mol. The predicted molar refractivity (Wildman–Crippen MR) is 108 cm³/mol. The summed E-state index contributed by atoms with van der Waals surface area (Å²) in [7, 11) is 0. The minimum absolute atomic E-state index is 0.0142. The van der Waals surface area contributed by atoms with Crippen molar-refractivity contribution in [1.82, 2.24) is 20.8 Å².